The van der Waals surface area contributed by atoms with E-state index in [0.717, 1.165) is 18.4 Å². The first-order chi connectivity index (χ1) is 13.3. The molecule has 1 aromatic heterocycles. The molecule has 1 fully saturated rings. The predicted octanol–water partition coefficient (Wildman–Crippen LogP) is 2.37. The Morgan fingerprint density at radius 3 is 2.54 bits per heavy atom. The fraction of sp³-hybridized carbons (Fsp3) is 0.500. The lowest BCUT2D eigenvalue weighted by Crippen LogP contribution is -2.39. The number of benzene rings is 1. The largest absolute Gasteiger partial charge is 0.351 e. The van der Waals surface area contributed by atoms with Gasteiger partial charge in [0, 0.05) is 32.9 Å². The van der Waals surface area contributed by atoms with Crippen molar-refractivity contribution in [3.63, 3.8) is 0 Å². The van der Waals surface area contributed by atoms with Gasteiger partial charge >= 0.3 is 0 Å². The molecule has 1 saturated heterocycles. The number of hydrogen-bond acceptors (Lipinski definition) is 4. The molecule has 7 nitrogen and oxygen atoms in total. The number of rotatable bonds is 6. The summed E-state index contributed by atoms with van der Waals surface area (Å²) in [4.78, 5) is 12.7. The third-order valence-corrected chi connectivity index (χ3v) is 7.14. The van der Waals surface area contributed by atoms with Gasteiger partial charge in [0.15, 0.2) is 0 Å². The van der Waals surface area contributed by atoms with Crippen molar-refractivity contribution in [2.75, 3.05) is 19.6 Å². The number of sulfonamides is 1. The van der Waals surface area contributed by atoms with Gasteiger partial charge in [-0.3, -0.25) is 9.48 Å². The lowest BCUT2D eigenvalue weighted by Gasteiger charge is -2.28. The zero-order chi connectivity index (χ0) is 20.3. The summed E-state index contributed by atoms with van der Waals surface area (Å²) in [7, 11) is -2.16. The molecule has 1 aromatic carbocycles. The van der Waals surface area contributed by atoms with Gasteiger partial charge in [-0.05, 0) is 30.2 Å². The van der Waals surface area contributed by atoms with Crippen LogP contribution >= 0.6 is 0 Å². The van der Waals surface area contributed by atoms with Crippen LogP contribution < -0.4 is 5.32 Å². The summed E-state index contributed by atoms with van der Waals surface area (Å²) in [6, 6.07) is 9.88. The predicted molar refractivity (Wildman–Crippen MR) is 108 cm³/mol. The average molecular weight is 405 g/mol. The van der Waals surface area contributed by atoms with Crippen molar-refractivity contribution in [3.05, 3.63) is 47.7 Å². The fourth-order valence-electron chi connectivity index (χ4n) is 3.40. The smallest absolute Gasteiger partial charge is 0.263 e. The van der Waals surface area contributed by atoms with E-state index in [1.54, 1.807) is 7.05 Å². The van der Waals surface area contributed by atoms with Crippen molar-refractivity contribution in [2.24, 2.45) is 13.0 Å². The van der Waals surface area contributed by atoms with Gasteiger partial charge in [-0.25, -0.2) is 8.42 Å². The highest BCUT2D eigenvalue weighted by Gasteiger charge is 2.34. The maximum atomic E-state index is 13.1. The van der Waals surface area contributed by atoms with Crippen LogP contribution in [0.1, 0.15) is 48.5 Å². The van der Waals surface area contributed by atoms with E-state index in [9.17, 15) is 13.2 Å². The molecule has 28 heavy (non-hydrogen) atoms. The molecular formula is C20H28N4O3S. The average Bonchev–Trinajstić information content (AvgIpc) is 3.09. The van der Waals surface area contributed by atoms with Gasteiger partial charge in [-0.15, -0.1) is 0 Å². The number of aromatic nitrogens is 2. The monoisotopic (exact) mass is 404 g/mol. The number of carbonyl (C=O) groups is 1. The number of nitrogens with zero attached hydrogens (tertiary/aromatic N) is 3. The van der Waals surface area contributed by atoms with Gasteiger partial charge in [0.1, 0.15) is 0 Å². The van der Waals surface area contributed by atoms with Crippen molar-refractivity contribution in [1.29, 1.82) is 0 Å². The molecule has 2 aromatic rings. The lowest BCUT2D eigenvalue weighted by molar-refractivity contribution is 0.0948. The summed E-state index contributed by atoms with van der Waals surface area (Å²) >= 11 is 0. The summed E-state index contributed by atoms with van der Waals surface area (Å²) in [5.74, 6) is 0.211. The third-order valence-electron chi connectivity index (χ3n) is 5.30. The van der Waals surface area contributed by atoms with E-state index in [0.29, 0.717) is 25.6 Å². The summed E-state index contributed by atoms with van der Waals surface area (Å²) in [5.41, 5.74) is 1.21. The molecule has 0 radical (unpaired) electrons. The SMILES string of the molecule is CC1CCN(S(=O)(=O)c2nn(C)cc2C(=O)NC[C@@H](C)c2ccccc2)CC1. The third kappa shape index (κ3) is 4.44. The van der Waals surface area contributed by atoms with Crippen molar-refractivity contribution >= 4 is 15.9 Å². The number of piperidine rings is 1. The molecule has 0 aliphatic carbocycles. The minimum atomic E-state index is -3.79. The van der Waals surface area contributed by atoms with Crippen molar-refractivity contribution in [3.8, 4) is 0 Å². The number of carbonyl (C=O) groups excluding carboxylic acids is 1. The van der Waals surface area contributed by atoms with E-state index >= 15 is 0 Å². The Labute approximate surface area is 166 Å². The molecule has 8 heteroatoms. The second-order valence-electron chi connectivity index (χ2n) is 7.63. The van der Waals surface area contributed by atoms with Gasteiger partial charge in [0.2, 0.25) is 5.03 Å². The summed E-state index contributed by atoms with van der Waals surface area (Å²) < 4.78 is 29.0. The van der Waals surface area contributed by atoms with Crippen LogP contribution in [0.4, 0.5) is 0 Å². The van der Waals surface area contributed by atoms with Crippen LogP contribution in [-0.4, -0.2) is 48.0 Å². The van der Waals surface area contributed by atoms with Crippen LogP contribution in [0.15, 0.2) is 41.6 Å². The highest BCUT2D eigenvalue weighted by atomic mass is 32.2. The Balaban J connectivity index is 1.75. The molecule has 1 aliphatic rings. The molecule has 3 rings (SSSR count). The zero-order valence-corrected chi connectivity index (χ0v) is 17.4. The molecule has 1 aliphatic heterocycles. The molecule has 2 heterocycles. The van der Waals surface area contributed by atoms with Gasteiger partial charge in [0.05, 0.1) is 5.56 Å². The second-order valence-corrected chi connectivity index (χ2v) is 9.48. The first-order valence-corrected chi connectivity index (χ1v) is 11.1. The highest BCUT2D eigenvalue weighted by Crippen LogP contribution is 2.24. The van der Waals surface area contributed by atoms with Crippen LogP contribution in [-0.2, 0) is 17.1 Å². The van der Waals surface area contributed by atoms with E-state index in [1.165, 1.54) is 15.2 Å². The van der Waals surface area contributed by atoms with Crippen LogP contribution in [0.3, 0.4) is 0 Å². The molecule has 1 amide bonds. The van der Waals surface area contributed by atoms with Gasteiger partial charge in [-0.1, -0.05) is 44.2 Å². The van der Waals surface area contributed by atoms with Crippen molar-refractivity contribution in [1.82, 2.24) is 19.4 Å². The molecule has 1 atom stereocenters. The maximum Gasteiger partial charge on any atom is 0.263 e. The standard InChI is InChI=1S/C20H28N4O3S/c1-15-9-11-24(12-10-15)28(26,27)20-18(14-23(3)22-20)19(25)21-13-16(2)17-7-5-4-6-8-17/h4-8,14-16H,9-13H2,1-3H3,(H,21,25)/t16-/m1/s1. The van der Waals surface area contributed by atoms with Crippen LogP contribution in [0.5, 0.6) is 0 Å². The number of nitrogens with one attached hydrogen (secondary N) is 1. The van der Waals surface area contributed by atoms with Crippen LogP contribution in [0.2, 0.25) is 0 Å². The summed E-state index contributed by atoms with van der Waals surface area (Å²) in [6.07, 6.45) is 3.12. The van der Waals surface area contributed by atoms with E-state index in [2.05, 4.69) is 17.3 Å². The molecule has 0 unspecified atom stereocenters. The van der Waals surface area contributed by atoms with Gasteiger partial charge in [0.25, 0.3) is 15.9 Å². The Morgan fingerprint density at radius 2 is 1.89 bits per heavy atom. The van der Waals surface area contributed by atoms with Crippen molar-refractivity contribution in [2.45, 2.75) is 37.6 Å². The van der Waals surface area contributed by atoms with Gasteiger partial charge in [-0.2, -0.15) is 9.40 Å². The Kier molecular flexibility index (Phi) is 6.20. The second kappa shape index (κ2) is 8.45. The molecule has 0 spiro atoms. The van der Waals surface area contributed by atoms with Crippen LogP contribution in [0.25, 0.3) is 0 Å². The Bertz CT molecular complexity index is 916. The normalized spacial score (nSPS) is 17.4. The quantitative estimate of drug-likeness (QED) is 0.801. The Hall–Kier alpha value is -2.19. The first kappa shape index (κ1) is 20.5. The number of amides is 1. The molecule has 0 bridgehead atoms. The lowest BCUT2D eigenvalue weighted by atomic mass is 10.0. The van der Waals surface area contributed by atoms with E-state index in [-0.39, 0.29) is 16.5 Å². The summed E-state index contributed by atoms with van der Waals surface area (Å²) in [6.45, 7) is 5.49. The number of hydrogen-bond donors (Lipinski definition) is 1. The minimum Gasteiger partial charge on any atom is -0.351 e. The van der Waals surface area contributed by atoms with Crippen LogP contribution in [0, 0.1) is 5.92 Å². The highest BCUT2D eigenvalue weighted by molar-refractivity contribution is 7.89. The summed E-state index contributed by atoms with van der Waals surface area (Å²) in [5, 5.41) is 6.81. The molecule has 152 valence electrons. The molecular weight excluding hydrogens is 376 g/mol. The zero-order valence-electron chi connectivity index (χ0n) is 16.6. The van der Waals surface area contributed by atoms with Gasteiger partial charge < -0.3 is 5.32 Å². The maximum absolute atomic E-state index is 13.1. The van der Waals surface area contributed by atoms with E-state index < -0.39 is 15.9 Å². The first-order valence-electron chi connectivity index (χ1n) is 9.66. The van der Waals surface area contributed by atoms with E-state index in [1.807, 2.05) is 37.3 Å². The minimum absolute atomic E-state index is 0.0985. The fourth-order valence-corrected chi connectivity index (χ4v) is 4.99. The number of aryl methyl sites for hydroxylation is 1. The molecule has 0 saturated carbocycles. The van der Waals surface area contributed by atoms with E-state index in [4.69, 9.17) is 0 Å². The van der Waals surface area contributed by atoms with Crippen molar-refractivity contribution < 1.29 is 13.2 Å². The molecule has 1 N–H and O–H groups in total. The Morgan fingerprint density at radius 1 is 1.25 bits per heavy atom. The topological polar surface area (TPSA) is 84.3 Å².